The normalized spacial score (nSPS) is 17.4. The molecule has 0 N–H and O–H groups in total. The number of aromatic nitrogens is 2. The summed E-state index contributed by atoms with van der Waals surface area (Å²) in [6.45, 7) is 3.09. The Balaban J connectivity index is 1.46. The fourth-order valence-corrected chi connectivity index (χ4v) is 4.03. The monoisotopic (exact) mass is 373 g/mol. The molecule has 0 saturated carbocycles. The van der Waals surface area contributed by atoms with E-state index < -0.39 is 0 Å². The minimum absolute atomic E-state index is 0.482. The molecular formula is C24H27N3O. The molecule has 3 aromatic rings. The van der Waals surface area contributed by atoms with Gasteiger partial charge in [0.05, 0.1) is 12.8 Å². The predicted molar refractivity (Wildman–Crippen MR) is 112 cm³/mol. The van der Waals surface area contributed by atoms with E-state index in [4.69, 9.17) is 9.72 Å². The van der Waals surface area contributed by atoms with E-state index in [1.807, 2.05) is 24.4 Å². The van der Waals surface area contributed by atoms with Crippen LogP contribution >= 0.6 is 0 Å². The minimum atomic E-state index is 0.482. The van der Waals surface area contributed by atoms with Gasteiger partial charge in [-0.25, -0.2) is 0 Å². The summed E-state index contributed by atoms with van der Waals surface area (Å²) in [5.74, 6) is 1.41. The summed E-state index contributed by atoms with van der Waals surface area (Å²) in [5.41, 5.74) is 4.62. The van der Waals surface area contributed by atoms with E-state index in [1.165, 1.54) is 24.1 Å². The van der Waals surface area contributed by atoms with Crippen LogP contribution in [0.25, 0.3) is 0 Å². The number of hydrogen-bond acceptors (Lipinski definition) is 4. The lowest BCUT2D eigenvalue weighted by atomic mass is 9.93. The summed E-state index contributed by atoms with van der Waals surface area (Å²) < 4.78 is 5.49. The second kappa shape index (κ2) is 8.98. The molecule has 1 atom stereocenters. The molecule has 0 bridgehead atoms. The number of ether oxygens (including phenoxy) is 1. The third-order valence-corrected chi connectivity index (χ3v) is 5.43. The maximum atomic E-state index is 5.49. The first-order valence-corrected chi connectivity index (χ1v) is 10.0. The first kappa shape index (κ1) is 18.6. The molecule has 0 spiro atoms. The molecule has 4 heteroatoms. The first-order chi connectivity index (χ1) is 13.8. The Morgan fingerprint density at radius 3 is 2.71 bits per heavy atom. The maximum absolute atomic E-state index is 5.49. The van der Waals surface area contributed by atoms with Gasteiger partial charge in [0.25, 0.3) is 0 Å². The van der Waals surface area contributed by atoms with E-state index in [9.17, 15) is 0 Å². The molecule has 4 rings (SSSR count). The summed E-state index contributed by atoms with van der Waals surface area (Å²) in [6.07, 6.45) is 5.07. The number of likely N-dealkylation sites (tertiary alicyclic amines) is 1. The average Bonchev–Trinajstić information content (AvgIpc) is 2.75. The molecule has 1 aliphatic heterocycles. The summed E-state index contributed by atoms with van der Waals surface area (Å²) >= 11 is 0. The summed E-state index contributed by atoms with van der Waals surface area (Å²) in [4.78, 5) is 12.0. The van der Waals surface area contributed by atoms with Crippen molar-refractivity contribution >= 4 is 0 Å². The van der Waals surface area contributed by atoms with Crippen LogP contribution in [0.4, 0.5) is 0 Å². The van der Waals surface area contributed by atoms with Crippen LogP contribution in [-0.4, -0.2) is 35.1 Å². The van der Waals surface area contributed by atoms with Gasteiger partial charge in [0.15, 0.2) is 0 Å². The van der Waals surface area contributed by atoms with Crippen molar-refractivity contribution in [3.05, 3.63) is 89.5 Å². The van der Waals surface area contributed by atoms with Crippen LogP contribution in [0.15, 0.2) is 66.9 Å². The summed E-state index contributed by atoms with van der Waals surface area (Å²) in [6, 6.07) is 20.8. The summed E-state index contributed by atoms with van der Waals surface area (Å²) in [5, 5.41) is 0. The van der Waals surface area contributed by atoms with E-state index in [0.29, 0.717) is 5.92 Å². The Kier molecular flexibility index (Phi) is 5.98. The van der Waals surface area contributed by atoms with E-state index in [2.05, 4.69) is 52.3 Å². The van der Waals surface area contributed by atoms with Gasteiger partial charge in [0, 0.05) is 48.6 Å². The van der Waals surface area contributed by atoms with Crippen molar-refractivity contribution in [1.82, 2.24) is 14.9 Å². The van der Waals surface area contributed by atoms with Crippen LogP contribution in [-0.2, 0) is 13.0 Å². The van der Waals surface area contributed by atoms with Gasteiger partial charge in [-0.05, 0) is 49.7 Å². The van der Waals surface area contributed by atoms with Crippen molar-refractivity contribution in [3.8, 4) is 5.75 Å². The molecule has 0 radical (unpaired) electrons. The minimum Gasteiger partial charge on any atom is -0.496 e. The molecule has 1 saturated heterocycles. The fraction of sp³-hybridized carbons (Fsp3) is 0.333. The smallest absolute Gasteiger partial charge is 0.122 e. The second-order valence-electron chi connectivity index (χ2n) is 7.44. The Bertz CT molecular complexity index is 897. The number of para-hydroxylation sites is 1. The number of nitrogens with zero attached hydrogens (tertiary/aromatic N) is 3. The Morgan fingerprint density at radius 2 is 1.86 bits per heavy atom. The Labute approximate surface area is 167 Å². The number of benzene rings is 1. The third-order valence-electron chi connectivity index (χ3n) is 5.43. The highest BCUT2D eigenvalue weighted by atomic mass is 16.5. The number of rotatable bonds is 6. The number of hydrogen-bond donors (Lipinski definition) is 0. The molecule has 0 amide bonds. The standard InChI is InChI=1S/C24H27N3O/c1-28-24-13-3-2-8-19(24)16-21-11-6-12-23(26-21)20-9-7-15-27(17-20)18-22-10-4-5-14-25-22/h2-6,8,10-14,20H,7,9,15-18H2,1H3/t20-/m1/s1. The number of pyridine rings is 2. The molecule has 4 nitrogen and oxygen atoms in total. The van der Waals surface area contributed by atoms with E-state index in [0.717, 1.165) is 43.2 Å². The second-order valence-corrected chi connectivity index (χ2v) is 7.44. The third kappa shape index (κ3) is 4.57. The SMILES string of the molecule is COc1ccccc1Cc1cccc([C@@H]2CCCN(Cc3ccccn3)C2)n1. The zero-order chi connectivity index (χ0) is 19.2. The highest BCUT2D eigenvalue weighted by molar-refractivity contribution is 5.36. The van der Waals surface area contributed by atoms with Crippen molar-refractivity contribution < 1.29 is 4.74 Å². The van der Waals surface area contributed by atoms with Crippen LogP contribution in [0, 0.1) is 0 Å². The highest BCUT2D eigenvalue weighted by Crippen LogP contribution is 2.27. The van der Waals surface area contributed by atoms with Crippen LogP contribution in [0.5, 0.6) is 5.75 Å². The van der Waals surface area contributed by atoms with Gasteiger partial charge in [-0.15, -0.1) is 0 Å². The lowest BCUT2D eigenvalue weighted by Crippen LogP contribution is -2.34. The largest absolute Gasteiger partial charge is 0.496 e. The van der Waals surface area contributed by atoms with Gasteiger partial charge in [0.1, 0.15) is 5.75 Å². The van der Waals surface area contributed by atoms with E-state index in [1.54, 1.807) is 7.11 Å². The van der Waals surface area contributed by atoms with Crippen molar-refractivity contribution in [2.45, 2.75) is 31.7 Å². The molecule has 0 unspecified atom stereocenters. The van der Waals surface area contributed by atoms with Crippen LogP contribution in [0.2, 0.25) is 0 Å². The molecule has 28 heavy (non-hydrogen) atoms. The van der Waals surface area contributed by atoms with Crippen LogP contribution in [0.1, 0.15) is 41.4 Å². The molecular weight excluding hydrogens is 346 g/mol. The topological polar surface area (TPSA) is 38.2 Å². The zero-order valence-corrected chi connectivity index (χ0v) is 16.4. The van der Waals surface area contributed by atoms with Gasteiger partial charge >= 0.3 is 0 Å². The van der Waals surface area contributed by atoms with Crippen molar-refractivity contribution in [2.75, 3.05) is 20.2 Å². The molecule has 144 valence electrons. The predicted octanol–water partition coefficient (Wildman–Crippen LogP) is 4.46. The molecule has 3 heterocycles. The van der Waals surface area contributed by atoms with Gasteiger partial charge in [-0.2, -0.15) is 0 Å². The van der Waals surface area contributed by atoms with Gasteiger partial charge in [0.2, 0.25) is 0 Å². The van der Waals surface area contributed by atoms with Gasteiger partial charge < -0.3 is 4.74 Å². The molecule has 1 fully saturated rings. The average molecular weight is 374 g/mol. The number of methoxy groups -OCH3 is 1. The molecule has 1 aromatic carbocycles. The lowest BCUT2D eigenvalue weighted by Gasteiger charge is -2.32. The molecule has 0 aliphatic carbocycles. The van der Waals surface area contributed by atoms with Crippen molar-refractivity contribution in [1.29, 1.82) is 0 Å². The quantitative estimate of drug-likeness (QED) is 0.640. The van der Waals surface area contributed by atoms with Crippen molar-refractivity contribution in [3.63, 3.8) is 0 Å². The van der Waals surface area contributed by atoms with Gasteiger partial charge in [-0.3, -0.25) is 14.9 Å². The maximum Gasteiger partial charge on any atom is 0.122 e. The van der Waals surface area contributed by atoms with Crippen LogP contribution in [0.3, 0.4) is 0 Å². The summed E-state index contributed by atoms with van der Waals surface area (Å²) in [7, 11) is 1.72. The zero-order valence-electron chi connectivity index (χ0n) is 16.4. The van der Waals surface area contributed by atoms with Crippen LogP contribution < -0.4 is 4.74 Å². The first-order valence-electron chi connectivity index (χ1n) is 10.0. The molecule has 1 aliphatic rings. The van der Waals surface area contributed by atoms with Gasteiger partial charge in [-0.1, -0.05) is 30.3 Å². The highest BCUT2D eigenvalue weighted by Gasteiger charge is 2.23. The molecule has 2 aromatic heterocycles. The van der Waals surface area contributed by atoms with Crippen molar-refractivity contribution in [2.24, 2.45) is 0 Å². The van der Waals surface area contributed by atoms with E-state index >= 15 is 0 Å². The van der Waals surface area contributed by atoms with E-state index in [-0.39, 0.29) is 0 Å². The lowest BCUT2D eigenvalue weighted by molar-refractivity contribution is 0.196. The fourth-order valence-electron chi connectivity index (χ4n) is 4.03. The Morgan fingerprint density at radius 1 is 1.00 bits per heavy atom. The Hall–Kier alpha value is -2.72. The number of piperidine rings is 1.